The van der Waals surface area contributed by atoms with E-state index >= 15 is 0 Å². The molecule has 162 valence electrons. The van der Waals surface area contributed by atoms with E-state index in [1.807, 2.05) is 97.9 Å². The van der Waals surface area contributed by atoms with Gasteiger partial charge >= 0.3 is 0 Å². The van der Waals surface area contributed by atoms with Gasteiger partial charge in [0, 0.05) is 11.3 Å². The topological polar surface area (TPSA) is 69.0 Å². The molecule has 0 aliphatic heterocycles. The molecular weight excluding hydrogens is 412 g/mol. The zero-order chi connectivity index (χ0) is 22.8. The maximum Gasteiger partial charge on any atom is 0.295 e. The highest BCUT2D eigenvalue weighted by Gasteiger charge is 2.19. The predicted octanol–water partition coefficient (Wildman–Crippen LogP) is 5.66. The summed E-state index contributed by atoms with van der Waals surface area (Å²) in [5.41, 5.74) is 3.45. The zero-order valence-corrected chi connectivity index (χ0v) is 18.3. The average molecular weight is 434 g/mol. The van der Waals surface area contributed by atoms with Crippen molar-refractivity contribution in [2.24, 2.45) is 0 Å². The highest BCUT2D eigenvalue weighted by Crippen LogP contribution is 2.24. The van der Waals surface area contributed by atoms with Gasteiger partial charge in [-0.2, -0.15) is 0 Å². The highest BCUT2D eigenvalue weighted by molar-refractivity contribution is 6.03. The van der Waals surface area contributed by atoms with Crippen LogP contribution in [0.1, 0.15) is 16.2 Å². The molecule has 0 bridgehead atoms. The minimum Gasteiger partial charge on any atom is -0.497 e. The summed E-state index contributed by atoms with van der Waals surface area (Å²) in [6.07, 6.45) is 0. The van der Waals surface area contributed by atoms with Crippen LogP contribution in [0.3, 0.4) is 0 Å². The van der Waals surface area contributed by atoms with Gasteiger partial charge < -0.3 is 10.1 Å². The van der Waals surface area contributed by atoms with E-state index in [0.717, 1.165) is 33.3 Å². The zero-order valence-electron chi connectivity index (χ0n) is 18.3. The van der Waals surface area contributed by atoms with E-state index in [-0.39, 0.29) is 11.7 Å². The molecule has 0 radical (unpaired) electrons. The van der Waals surface area contributed by atoms with E-state index in [0.29, 0.717) is 11.5 Å². The Morgan fingerprint density at radius 3 is 2.42 bits per heavy atom. The minimum atomic E-state index is -0.369. The van der Waals surface area contributed by atoms with Crippen LogP contribution in [0.5, 0.6) is 5.75 Å². The molecule has 0 saturated heterocycles. The Balaban J connectivity index is 1.53. The van der Waals surface area contributed by atoms with Crippen molar-refractivity contribution >= 4 is 22.4 Å². The molecule has 6 heteroatoms. The van der Waals surface area contributed by atoms with Crippen molar-refractivity contribution in [3.8, 4) is 22.8 Å². The first-order chi connectivity index (χ1) is 16.1. The SMILES string of the molecule is COc1ccc(-n2nc(C(=O)Nc3ccc4ccccc4c3)nc2-c2cccc(C)c2)cc1. The predicted molar refractivity (Wildman–Crippen MR) is 130 cm³/mol. The first-order valence-corrected chi connectivity index (χ1v) is 10.6. The van der Waals surface area contributed by atoms with Gasteiger partial charge in [-0.25, -0.2) is 9.67 Å². The third-order valence-electron chi connectivity index (χ3n) is 5.41. The molecule has 33 heavy (non-hydrogen) atoms. The molecule has 0 aliphatic carbocycles. The van der Waals surface area contributed by atoms with Gasteiger partial charge in [-0.1, -0.05) is 54.1 Å². The van der Waals surface area contributed by atoms with E-state index < -0.39 is 0 Å². The monoisotopic (exact) mass is 434 g/mol. The van der Waals surface area contributed by atoms with Crippen molar-refractivity contribution in [1.29, 1.82) is 0 Å². The number of aromatic nitrogens is 3. The second-order valence-electron chi connectivity index (χ2n) is 7.75. The minimum absolute atomic E-state index is 0.0930. The van der Waals surface area contributed by atoms with Crippen molar-refractivity contribution in [2.75, 3.05) is 12.4 Å². The molecule has 0 spiro atoms. The molecule has 0 unspecified atom stereocenters. The number of aryl methyl sites for hydroxylation is 1. The molecule has 0 atom stereocenters. The first kappa shape index (κ1) is 20.5. The summed E-state index contributed by atoms with van der Waals surface area (Å²) in [4.78, 5) is 17.7. The van der Waals surface area contributed by atoms with E-state index in [4.69, 9.17) is 4.74 Å². The summed E-state index contributed by atoms with van der Waals surface area (Å²) in [7, 11) is 1.62. The maximum absolute atomic E-state index is 13.1. The lowest BCUT2D eigenvalue weighted by Gasteiger charge is -2.07. The number of rotatable bonds is 5. The Hall–Kier alpha value is -4.45. The summed E-state index contributed by atoms with van der Waals surface area (Å²) >= 11 is 0. The molecule has 0 aliphatic rings. The largest absolute Gasteiger partial charge is 0.497 e. The number of benzene rings is 4. The number of methoxy groups -OCH3 is 1. The number of nitrogens with one attached hydrogen (secondary N) is 1. The summed E-state index contributed by atoms with van der Waals surface area (Å²) in [5, 5.41) is 9.64. The second-order valence-corrected chi connectivity index (χ2v) is 7.75. The third kappa shape index (κ3) is 4.19. The molecule has 0 saturated carbocycles. The van der Waals surface area contributed by atoms with Crippen LogP contribution in [-0.2, 0) is 0 Å². The Morgan fingerprint density at radius 2 is 1.67 bits per heavy atom. The quantitative estimate of drug-likeness (QED) is 0.388. The number of amides is 1. The maximum atomic E-state index is 13.1. The van der Waals surface area contributed by atoms with Crippen LogP contribution >= 0.6 is 0 Å². The number of hydrogen-bond donors (Lipinski definition) is 1. The number of ether oxygens (including phenoxy) is 1. The number of fused-ring (bicyclic) bond motifs is 1. The molecule has 1 heterocycles. The molecule has 6 nitrogen and oxygen atoms in total. The van der Waals surface area contributed by atoms with Gasteiger partial charge in [-0.3, -0.25) is 4.79 Å². The number of nitrogens with zero attached hydrogens (tertiary/aromatic N) is 3. The number of hydrogen-bond acceptors (Lipinski definition) is 4. The molecule has 1 amide bonds. The van der Waals surface area contributed by atoms with E-state index in [2.05, 4.69) is 15.4 Å². The summed E-state index contributed by atoms with van der Waals surface area (Å²) in [5.74, 6) is 1.06. The Bertz CT molecular complexity index is 1460. The molecule has 5 aromatic rings. The van der Waals surface area contributed by atoms with Crippen molar-refractivity contribution < 1.29 is 9.53 Å². The van der Waals surface area contributed by atoms with Crippen LogP contribution in [0.2, 0.25) is 0 Å². The van der Waals surface area contributed by atoms with Gasteiger partial charge in [0.15, 0.2) is 5.82 Å². The van der Waals surface area contributed by atoms with Crippen LogP contribution < -0.4 is 10.1 Å². The van der Waals surface area contributed by atoms with Crippen molar-refractivity contribution in [3.05, 3.63) is 102 Å². The van der Waals surface area contributed by atoms with Crippen LogP contribution in [0.15, 0.2) is 91.0 Å². The van der Waals surface area contributed by atoms with Crippen molar-refractivity contribution in [2.45, 2.75) is 6.92 Å². The lowest BCUT2D eigenvalue weighted by molar-refractivity contribution is 0.101. The molecule has 4 aromatic carbocycles. The van der Waals surface area contributed by atoms with Crippen molar-refractivity contribution in [3.63, 3.8) is 0 Å². The summed E-state index contributed by atoms with van der Waals surface area (Å²) in [6.45, 7) is 2.02. The third-order valence-corrected chi connectivity index (χ3v) is 5.41. The molecular formula is C27H22N4O2. The standard InChI is InChI=1S/C27H22N4O2/c1-18-6-5-9-21(16-18)26-29-25(30-31(26)23-12-14-24(33-2)15-13-23)27(32)28-22-11-10-19-7-3-4-8-20(19)17-22/h3-17H,1-2H3,(H,28,32). The summed E-state index contributed by atoms with van der Waals surface area (Å²) < 4.78 is 6.95. The Labute approximate surface area is 191 Å². The van der Waals surface area contributed by atoms with Gasteiger partial charge in [-0.05, 0) is 60.2 Å². The second kappa shape index (κ2) is 8.59. The van der Waals surface area contributed by atoms with Gasteiger partial charge in [0.25, 0.3) is 5.91 Å². The fourth-order valence-corrected chi connectivity index (χ4v) is 3.74. The molecule has 1 aromatic heterocycles. The molecule has 1 N–H and O–H groups in total. The summed E-state index contributed by atoms with van der Waals surface area (Å²) in [6, 6.07) is 29.2. The van der Waals surface area contributed by atoms with Crippen LogP contribution in [-0.4, -0.2) is 27.8 Å². The van der Waals surface area contributed by atoms with Gasteiger partial charge in [-0.15, -0.1) is 5.10 Å². The molecule has 0 fully saturated rings. The lowest BCUT2D eigenvalue weighted by atomic mass is 10.1. The molecule has 5 rings (SSSR count). The lowest BCUT2D eigenvalue weighted by Crippen LogP contribution is -2.14. The fourth-order valence-electron chi connectivity index (χ4n) is 3.74. The normalized spacial score (nSPS) is 10.8. The van der Waals surface area contributed by atoms with Gasteiger partial charge in [0.2, 0.25) is 5.82 Å². The van der Waals surface area contributed by atoms with Crippen molar-refractivity contribution in [1.82, 2.24) is 14.8 Å². The van der Waals surface area contributed by atoms with E-state index in [9.17, 15) is 4.79 Å². The van der Waals surface area contributed by atoms with Gasteiger partial charge in [0.05, 0.1) is 12.8 Å². The van der Waals surface area contributed by atoms with E-state index in [1.165, 1.54) is 0 Å². The Kier molecular flexibility index (Phi) is 5.32. The number of carbonyl (C=O) groups is 1. The Morgan fingerprint density at radius 1 is 0.879 bits per heavy atom. The smallest absolute Gasteiger partial charge is 0.295 e. The number of anilines is 1. The first-order valence-electron chi connectivity index (χ1n) is 10.6. The van der Waals surface area contributed by atoms with Crippen LogP contribution in [0, 0.1) is 6.92 Å². The van der Waals surface area contributed by atoms with Crippen LogP contribution in [0.4, 0.5) is 5.69 Å². The average Bonchev–Trinajstić information content (AvgIpc) is 3.30. The highest BCUT2D eigenvalue weighted by atomic mass is 16.5. The van der Waals surface area contributed by atoms with E-state index in [1.54, 1.807) is 11.8 Å². The number of carbonyl (C=O) groups excluding carboxylic acids is 1. The fraction of sp³-hybridized carbons (Fsp3) is 0.0741. The van der Waals surface area contributed by atoms with Gasteiger partial charge in [0.1, 0.15) is 5.75 Å². The van der Waals surface area contributed by atoms with Crippen LogP contribution in [0.25, 0.3) is 27.8 Å².